The molecule has 0 radical (unpaired) electrons. The number of phenols is 1. The van der Waals surface area contributed by atoms with Crippen molar-refractivity contribution in [1.29, 1.82) is 0 Å². The fourth-order valence-corrected chi connectivity index (χ4v) is 3.54. The Balaban J connectivity index is 0.000000234. The van der Waals surface area contributed by atoms with Crippen LogP contribution in [0.15, 0.2) is 72.8 Å². The average Bonchev–Trinajstić information content (AvgIpc) is 3.61. The van der Waals surface area contributed by atoms with Gasteiger partial charge in [-0.3, -0.25) is 0 Å². The van der Waals surface area contributed by atoms with E-state index >= 15 is 0 Å². The zero-order chi connectivity index (χ0) is 22.6. The summed E-state index contributed by atoms with van der Waals surface area (Å²) >= 11 is 0. The van der Waals surface area contributed by atoms with Crippen LogP contribution in [0.5, 0.6) is 5.75 Å². The van der Waals surface area contributed by atoms with E-state index in [0.717, 1.165) is 50.4 Å². The number of phenolic OH excluding ortho intramolecular Hbond substituents is 1. The number of fused-ring (bicyclic) bond motifs is 8. The maximum absolute atomic E-state index is 8.77. The second kappa shape index (κ2) is 10.4. The smallest absolute Gasteiger partial charge is 0.115 e. The Bertz CT molecular complexity index is 1340. The van der Waals surface area contributed by atoms with Crippen molar-refractivity contribution < 1.29 is 29.7 Å². The summed E-state index contributed by atoms with van der Waals surface area (Å²) in [4.78, 5) is 16.0. The molecule has 164 valence electrons. The normalized spacial score (nSPS) is 11.4. The Hall–Kier alpha value is -3.80. The van der Waals surface area contributed by atoms with E-state index in [1.807, 2.05) is 48.6 Å². The third kappa shape index (κ3) is 5.76. The molecule has 2 aliphatic heterocycles. The van der Waals surface area contributed by atoms with Gasteiger partial charge in [0.2, 0.25) is 0 Å². The molecule has 0 atom stereocenters. The number of aromatic amines is 2. The minimum atomic E-state index is 0. The maximum atomic E-state index is 8.77. The van der Waals surface area contributed by atoms with E-state index < -0.39 is 0 Å². The van der Waals surface area contributed by atoms with Crippen LogP contribution in [-0.4, -0.2) is 30.1 Å². The van der Waals surface area contributed by atoms with Crippen LogP contribution in [0, 0.1) is 0 Å². The minimum absolute atomic E-state index is 0. The van der Waals surface area contributed by atoms with Gasteiger partial charge in [-0.05, 0) is 90.5 Å². The predicted octanol–water partition coefficient (Wildman–Crippen LogP) is 5.54. The minimum Gasteiger partial charge on any atom is -0.508 e. The SMILES string of the molecule is C1=Cc2cc3ccc(cc4nc(cc5ccc(cc1n2)[nH]5)C=C4)[nH]3.OCc1ccc(O)cc1.[Zn]. The first kappa shape index (κ1) is 23.4. The number of rotatable bonds is 1. The van der Waals surface area contributed by atoms with Gasteiger partial charge in [0, 0.05) is 41.5 Å². The molecule has 4 aromatic rings. The number of aliphatic hydroxyl groups excluding tert-OH is 1. The first-order valence-corrected chi connectivity index (χ1v) is 10.6. The number of hydrogen-bond donors (Lipinski definition) is 4. The van der Waals surface area contributed by atoms with E-state index in [2.05, 4.69) is 44.2 Å². The summed E-state index contributed by atoms with van der Waals surface area (Å²) < 4.78 is 0. The molecular weight excluding hydrogens is 478 g/mol. The number of nitrogens with zero attached hydrogens (tertiary/aromatic N) is 2. The van der Waals surface area contributed by atoms with E-state index in [1.54, 1.807) is 24.3 Å². The van der Waals surface area contributed by atoms with E-state index in [-0.39, 0.29) is 31.8 Å². The van der Waals surface area contributed by atoms with Crippen molar-refractivity contribution in [2.75, 3.05) is 0 Å². The molecule has 0 amide bonds. The fourth-order valence-electron chi connectivity index (χ4n) is 3.54. The van der Waals surface area contributed by atoms with Gasteiger partial charge in [-0.2, -0.15) is 0 Å². The Morgan fingerprint density at radius 2 is 0.912 bits per heavy atom. The molecule has 5 heterocycles. The average molecular weight is 500 g/mol. The van der Waals surface area contributed by atoms with Gasteiger partial charge in [-0.15, -0.1) is 0 Å². The molecule has 0 unspecified atom stereocenters. The summed E-state index contributed by atoms with van der Waals surface area (Å²) in [5.74, 6) is 0.229. The van der Waals surface area contributed by atoms with Crippen LogP contribution < -0.4 is 0 Å². The topological polar surface area (TPSA) is 97.8 Å². The van der Waals surface area contributed by atoms with Crippen LogP contribution in [0.4, 0.5) is 0 Å². The molecular formula is C27H22N4O2Zn. The van der Waals surface area contributed by atoms with Crippen LogP contribution in [-0.2, 0) is 26.1 Å². The molecule has 4 N–H and O–H groups in total. The summed E-state index contributed by atoms with van der Waals surface area (Å²) in [6.07, 6.45) is 8.09. The summed E-state index contributed by atoms with van der Waals surface area (Å²) in [6, 6.07) is 22.8. The standard InChI is InChI=1S/C20H14N4.C7H8O2.Zn/c1-2-14-10-16-5-6-18(23-16)12-20-8-7-19(24-20)11-17-4-3-15(22-17)9-13(1)21-14;8-5-6-1-3-7(9)4-2-6;/h1-12,21,24H;1-4,8-9H,5H2;. The van der Waals surface area contributed by atoms with Gasteiger partial charge in [0.25, 0.3) is 0 Å². The molecule has 0 aliphatic carbocycles. The molecule has 1 aromatic carbocycles. The molecule has 6 nitrogen and oxygen atoms in total. The zero-order valence-electron chi connectivity index (χ0n) is 18.4. The summed E-state index contributed by atoms with van der Waals surface area (Å²) in [6.45, 7) is 0.0281. The Morgan fingerprint density at radius 3 is 1.24 bits per heavy atom. The Kier molecular flexibility index (Phi) is 7.16. The number of hydrogen-bond acceptors (Lipinski definition) is 4. The summed E-state index contributed by atoms with van der Waals surface area (Å²) in [7, 11) is 0. The van der Waals surface area contributed by atoms with E-state index in [9.17, 15) is 0 Å². The first-order valence-electron chi connectivity index (χ1n) is 10.6. The van der Waals surface area contributed by atoms with Gasteiger partial charge < -0.3 is 20.2 Å². The maximum Gasteiger partial charge on any atom is 0.115 e. The van der Waals surface area contributed by atoms with Crippen molar-refractivity contribution >= 4 is 46.4 Å². The molecule has 0 fully saturated rings. The number of aliphatic hydroxyl groups is 1. The predicted molar refractivity (Wildman–Crippen MR) is 133 cm³/mol. The molecule has 0 saturated heterocycles. The number of aromatic hydroxyl groups is 1. The van der Waals surface area contributed by atoms with Gasteiger partial charge in [0.05, 0.1) is 29.4 Å². The van der Waals surface area contributed by atoms with Gasteiger partial charge in [0.15, 0.2) is 0 Å². The number of aromatic nitrogens is 4. The Morgan fingerprint density at radius 1 is 0.559 bits per heavy atom. The molecule has 3 aromatic heterocycles. The third-order valence-corrected chi connectivity index (χ3v) is 5.16. The van der Waals surface area contributed by atoms with Crippen molar-refractivity contribution in [3.05, 3.63) is 101 Å². The molecule has 34 heavy (non-hydrogen) atoms. The molecule has 0 saturated carbocycles. The van der Waals surface area contributed by atoms with Crippen molar-refractivity contribution in [2.45, 2.75) is 6.61 Å². The van der Waals surface area contributed by atoms with Crippen molar-refractivity contribution in [3.8, 4) is 5.75 Å². The van der Waals surface area contributed by atoms with Crippen molar-refractivity contribution in [3.63, 3.8) is 0 Å². The zero-order valence-corrected chi connectivity index (χ0v) is 21.4. The number of benzene rings is 1. The molecule has 0 spiro atoms. The van der Waals surface area contributed by atoms with Crippen LogP contribution in [0.3, 0.4) is 0 Å². The van der Waals surface area contributed by atoms with Crippen LogP contribution in [0.25, 0.3) is 46.4 Å². The van der Waals surface area contributed by atoms with Gasteiger partial charge in [-0.1, -0.05) is 12.1 Å². The second-order valence-corrected chi connectivity index (χ2v) is 7.73. The monoisotopic (exact) mass is 498 g/mol. The van der Waals surface area contributed by atoms with E-state index in [4.69, 9.17) is 10.2 Å². The summed E-state index contributed by atoms with van der Waals surface area (Å²) in [5.41, 5.74) is 8.67. The van der Waals surface area contributed by atoms with Gasteiger partial charge in [0.1, 0.15) is 5.75 Å². The number of nitrogens with one attached hydrogen (secondary N) is 2. The largest absolute Gasteiger partial charge is 0.508 e. The van der Waals surface area contributed by atoms with Crippen LogP contribution in [0.2, 0.25) is 0 Å². The van der Waals surface area contributed by atoms with Gasteiger partial charge >= 0.3 is 0 Å². The Labute approximate surface area is 209 Å². The number of H-pyrrole nitrogens is 2. The summed E-state index contributed by atoms with van der Waals surface area (Å²) in [5, 5.41) is 17.3. The van der Waals surface area contributed by atoms with Gasteiger partial charge in [-0.25, -0.2) is 9.97 Å². The van der Waals surface area contributed by atoms with Crippen molar-refractivity contribution in [2.24, 2.45) is 0 Å². The molecule has 7 heteroatoms. The third-order valence-electron chi connectivity index (χ3n) is 5.16. The van der Waals surface area contributed by atoms with Crippen molar-refractivity contribution in [1.82, 2.24) is 19.9 Å². The molecule has 6 rings (SSSR count). The molecule has 2 aliphatic rings. The fraction of sp³-hybridized carbons (Fsp3) is 0.0370. The van der Waals surface area contributed by atoms with Crippen LogP contribution in [0.1, 0.15) is 28.3 Å². The quantitative estimate of drug-likeness (QED) is 0.223. The van der Waals surface area contributed by atoms with E-state index in [0.29, 0.717) is 0 Å². The second-order valence-electron chi connectivity index (χ2n) is 7.73. The molecule has 8 bridgehead atoms. The van der Waals surface area contributed by atoms with Crippen LogP contribution >= 0.6 is 0 Å². The van der Waals surface area contributed by atoms with E-state index in [1.165, 1.54) is 0 Å². The first-order chi connectivity index (χ1) is 16.1.